The number of nitrogens with one attached hydrogen (secondary N) is 1. The van der Waals surface area contributed by atoms with Crippen molar-refractivity contribution in [3.8, 4) is 17.2 Å². The number of phenolic OH excluding ortho intramolecular Hbond substituents is 1. The summed E-state index contributed by atoms with van der Waals surface area (Å²) in [7, 11) is 0. The van der Waals surface area contributed by atoms with Gasteiger partial charge in [0.15, 0.2) is 0 Å². The number of hydrogen-bond acceptors (Lipinski definition) is 4. The zero-order valence-corrected chi connectivity index (χ0v) is 16.0. The van der Waals surface area contributed by atoms with Crippen molar-refractivity contribution in [2.75, 3.05) is 5.32 Å². The predicted octanol–water partition coefficient (Wildman–Crippen LogP) is 4.83. The fraction of sp³-hybridized carbons (Fsp3) is 0.273. The Kier molecular flexibility index (Phi) is 5.04. The third kappa shape index (κ3) is 4.37. The highest BCUT2D eigenvalue weighted by atomic mass is 16.4. The van der Waals surface area contributed by atoms with Crippen LogP contribution in [-0.2, 0) is 16.6 Å². The molecule has 0 fully saturated rings. The van der Waals surface area contributed by atoms with E-state index in [0.29, 0.717) is 23.0 Å². The molecular weight excluding hydrogens is 340 g/mol. The van der Waals surface area contributed by atoms with Crippen LogP contribution < -0.4 is 5.32 Å². The molecule has 1 aromatic heterocycles. The number of benzene rings is 2. The van der Waals surface area contributed by atoms with E-state index in [9.17, 15) is 9.90 Å². The smallest absolute Gasteiger partial charge is 0.230 e. The lowest BCUT2D eigenvalue weighted by atomic mass is 9.87. The minimum atomic E-state index is -0.257. The lowest BCUT2D eigenvalue weighted by Crippen LogP contribution is -2.17. The van der Waals surface area contributed by atoms with Gasteiger partial charge in [0, 0.05) is 5.56 Å². The van der Waals surface area contributed by atoms with Gasteiger partial charge in [-0.25, -0.2) is 4.98 Å². The van der Waals surface area contributed by atoms with Crippen LogP contribution in [0.25, 0.3) is 11.5 Å². The highest BCUT2D eigenvalue weighted by Crippen LogP contribution is 2.31. The SMILES string of the molecule is Cc1oc(-c2ccccc2)nc1CC(=O)Nc1cc(C(C)(C)C)ccc1O. The number of rotatable bonds is 4. The highest BCUT2D eigenvalue weighted by molar-refractivity contribution is 5.93. The number of amides is 1. The molecule has 0 saturated heterocycles. The van der Waals surface area contributed by atoms with E-state index in [-0.39, 0.29) is 23.5 Å². The van der Waals surface area contributed by atoms with Gasteiger partial charge in [-0.3, -0.25) is 4.79 Å². The van der Waals surface area contributed by atoms with Crippen LogP contribution in [-0.4, -0.2) is 16.0 Å². The van der Waals surface area contributed by atoms with Crippen molar-refractivity contribution in [3.05, 3.63) is 65.5 Å². The summed E-state index contributed by atoms with van der Waals surface area (Å²) in [5, 5.41) is 12.9. The Morgan fingerprint density at radius 2 is 1.85 bits per heavy atom. The maximum atomic E-state index is 12.5. The van der Waals surface area contributed by atoms with E-state index in [4.69, 9.17) is 4.42 Å². The van der Waals surface area contributed by atoms with Crippen LogP contribution in [0.5, 0.6) is 5.75 Å². The molecule has 0 bridgehead atoms. The number of nitrogens with zero attached hydrogens (tertiary/aromatic N) is 1. The zero-order chi connectivity index (χ0) is 19.6. The standard InChI is InChI=1S/C22H24N2O3/c1-14-17(24-21(27-14)15-8-6-5-7-9-15)13-20(26)23-18-12-16(22(2,3)4)10-11-19(18)25/h5-12,25H,13H2,1-4H3,(H,23,26). The Morgan fingerprint density at radius 1 is 1.15 bits per heavy atom. The third-order valence-corrected chi connectivity index (χ3v) is 4.38. The molecule has 5 heteroatoms. The topological polar surface area (TPSA) is 75.4 Å². The van der Waals surface area contributed by atoms with Crippen molar-refractivity contribution in [3.63, 3.8) is 0 Å². The summed E-state index contributed by atoms with van der Waals surface area (Å²) in [6, 6.07) is 14.8. The maximum Gasteiger partial charge on any atom is 0.230 e. The van der Waals surface area contributed by atoms with Crippen LogP contribution in [0.3, 0.4) is 0 Å². The molecule has 0 aliphatic carbocycles. The molecular formula is C22H24N2O3. The summed E-state index contributed by atoms with van der Waals surface area (Å²) in [6.45, 7) is 8.03. The first-order valence-corrected chi connectivity index (χ1v) is 8.89. The molecule has 140 valence electrons. The van der Waals surface area contributed by atoms with Crippen molar-refractivity contribution in [1.29, 1.82) is 0 Å². The van der Waals surface area contributed by atoms with Gasteiger partial charge in [-0.1, -0.05) is 45.0 Å². The summed E-state index contributed by atoms with van der Waals surface area (Å²) in [6.07, 6.45) is 0.0708. The van der Waals surface area contributed by atoms with Gasteiger partial charge in [-0.15, -0.1) is 0 Å². The van der Waals surface area contributed by atoms with Crippen LogP contribution in [0.1, 0.15) is 37.8 Å². The minimum absolute atomic E-state index is 0.0400. The second-order valence-corrected chi connectivity index (χ2v) is 7.59. The minimum Gasteiger partial charge on any atom is -0.506 e. The first-order chi connectivity index (χ1) is 12.7. The summed E-state index contributed by atoms with van der Waals surface area (Å²) in [5.41, 5.74) is 2.79. The average Bonchev–Trinajstić information content (AvgIpc) is 2.97. The van der Waals surface area contributed by atoms with Gasteiger partial charge in [0.25, 0.3) is 0 Å². The Morgan fingerprint density at radius 3 is 2.52 bits per heavy atom. The number of hydrogen-bond donors (Lipinski definition) is 2. The Bertz CT molecular complexity index is 953. The zero-order valence-electron chi connectivity index (χ0n) is 16.0. The summed E-state index contributed by atoms with van der Waals surface area (Å²) in [4.78, 5) is 16.9. The summed E-state index contributed by atoms with van der Waals surface area (Å²) >= 11 is 0. The molecule has 27 heavy (non-hydrogen) atoms. The molecule has 2 N–H and O–H groups in total. The second kappa shape index (κ2) is 7.27. The van der Waals surface area contributed by atoms with E-state index >= 15 is 0 Å². The van der Waals surface area contributed by atoms with Gasteiger partial charge in [0.1, 0.15) is 11.5 Å². The van der Waals surface area contributed by atoms with Crippen molar-refractivity contribution < 1.29 is 14.3 Å². The molecule has 1 heterocycles. The maximum absolute atomic E-state index is 12.5. The lowest BCUT2D eigenvalue weighted by Gasteiger charge is -2.20. The number of anilines is 1. The van der Waals surface area contributed by atoms with Gasteiger partial charge in [-0.05, 0) is 42.2 Å². The Balaban J connectivity index is 1.76. The predicted molar refractivity (Wildman–Crippen MR) is 106 cm³/mol. The molecule has 0 radical (unpaired) electrons. The molecule has 1 amide bonds. The number of phenols is 1. The number of oxazole rings is 1. The van der Waals surface area contributed by atoms with Crippen molar-refractivity contribution in [2.24, 2.45) is 0 Å². The van der Waals surface area contributed by atoms with Crippen molar-refractivity contribution >= 4 is 11.6 Å². The van der Waals surface area contributed by atoms with Crippen LogP contribution >= 0.6 is 0 Å². The number of aryl methyl sites for hydroxylation is 1. The molecule has 0 aliphatic rings. The fourth-order valence-electron chi connectivity index (χ4n) is 2.75. The van der Waals surface area contributed by atoms with Crippen LogP contribution in [0.2, 0.25) is 0 Å². The highest BCUT2D eigenvalue weighted by Gasteiger charge is 2.18. The second-order valence-electron chi connectivity index (χ2n) is 7.59. The van der Waals surface area contributed by atoms with Gasteiger partial charge >= 0.3 is 0 Å². The van der Waals surface area contributed by atoms with Crippen LogP contribution in [0.4, 0.5) is 5.69 Å². The Labute approximate surface area is 159 Å². The molecule has 3 aromatic rings. The van der Waals surface area contributed by atoms with E-state index in [1.807, 2.05) is 36.4 Å². The van der Waals surface area contributed by atoms with Gasteiger partial charge in [0.05, 0.1) is 17.8 Å². The molecule has 3 rings (SSSR count). The van der Waals surface area contributed by atoms with Crippen LogP contribution in [0, 0.1) is 6.92 Å². The van der Waals surface area contributed by atoms with E-state index < -0.39 is 0 Å². The van der Waals surface area contributed by atoms with Gasteiger partial charge in [0.2, 0.25) is 11.8 Å². The largest absolute Gasteiger partial charge is 0.506 e. The molecule has 0 aliphatic heterocycles. The molecule has 0 atom stereocenters. The van der Waals surface area contributed by atoms with Crippen molar-refractivity contribution in [1.82, 2.24) is 4.98 Å². The number of carbonyl (C=O) groups is 1. The average molecular weight is 364 g/mol. The van der Waals surface area contributed by atoms with E-state index in [2.05, 4.69) is 31.1 Å². The third-order valence-electron chi connectivity index (χ3n) is 4.38. The summed E-state index contributed by atoms with van der Waals surface area (Å²) < 4.78 is 5.70. The number of carbonyl (C=O) groups excluding carboxylic acids is 1. The van der Waals surface area contributed by atoms with Crippen LogP contribution in [0.15, 0.2) is 52.9 Å². The molecule has 0 saturated carbocycles. The number of aromatic hydroxyl groups is 1. The quantitative estimate of drug-likeness (QED) is 0.650. The monoisotopic (exact) mass is 364 g/mol. The molecule has 0 spiro atoms. The lowest BCUT2D eigenvalue weighted by molar-refractivity contribution is -0.115. The van der Waals surface area contributed by atoms with E-state index in [0.717, 1.165) is 11.1 Å². The normalized spacial score (nSPS) is 11.4. The number of aromatic nitrogens is 1. The van der Waals surface area contributed by atoms with Gasteiger partial charge in [-0.2, -0.15) is 0 Å². The first-order valence-electron chi connectivity index (χ1n) is 8.89. The Hall–Kier alpha value is -3.08. The van der Waals surface area contributed by atoms with Gasteiger partial charge < -0.3 is 14.8 Å². The molecule has 5 nitrogen and oxygen atoms in total. The summed E-state index contributed by atoms with van der Waals surface area (Å²) in [5.74, 6) is 0.885. The fourth-order valence-corrected chi connectivity index (χ4v) is 2.75. The molecule has 2 aromatic carbocycles. The van der Waals surface area contributed by atoms with E-state index in [1.165, 1.54) is 0 Å². The van der Waals surface area contributed by atoms with Crippen molar-refractivity contribution in [2.45, 2.75) is 39.5 Å². The first kappa shape index (κ1) is 18.7. The molecule has 0 unspecified atom stereocenters. The van der Waals surface area contributed by atoms with E-state index in [1.54, 1.807) is 19.1 Å².